The zero-order chi connectivity index (χ0) is 21.1. The normalized spacial score (nSPS) is 18.6. The van der Waals surface area contributed by atoms with Gasteiger partial charge in [0.25, 0.3) is 11.8 Å². The lowest BCUT2D eigenvalue weighted by atomic mass is 9.96. The van der Waals surface area contributed by atoms with E-state index in [2.05, 4.69) is 10.6 Å². The first kappa shape index (κ1) is 20.1. The van der Waals surface area contributed by atoms with Crippen LogP contribution in [0.4, 0.5) is 10.1 Å². The van der Waals surface area contributed by atoms with Gasteiger partial charge in [-0.2, -0.15) is 0 Å². The number of amides is 3. The van der Waals surface area contributed by atoms with Crippen LogP contribution < -0.4 is 10.6 Å². The van der Waals surface area contributed by atoms with Gasteiger partial charge in [-0.15, -0.1) is 0 Å². The smallest absolute Gasteiger partial charge is 0.253 e. The van der Waals surface area contributed by atoms with Crippen LogP contribution in [-0.2, 0) is 4.79 Å². The first-order chi connectivity index (χ1) is 14.5. The molecule has 156 valence electrons. The van der Waals surface area contributed by atoms with Crippen molar-refractivity contribution < 1.29 is 18.8 Å². The van der Waals surface area contributed by atoms with Crippen molar-refractivity contribution in [1.29, 1.82) is 0 Å². The third-order valence-electron chi connectivity index (χ3n) is 5.50. The van der Waals surface area contributed by atoms with Crippen molar-refractivity contribution in [3.63, 3.8) is 0 Å². The molecule has 0 aromatic heterocycles. The van der Waals surface area contributed by atoms with Crippen LogP contribution in [0.15, 0.2) is 48.5 Å². The average molecular weight is 409 g/mol. The minimum Gasteiger partial charge on any atom is -0.349 e. The van der Waals surface area contributed by atoms with Crippen molar-refractivity contribution in [2.45, 2.75) is 31.7 Å². The molecule has 1 unspecified atom stereocenters. The highest BCUT2D eigenvalue weighted by atomic mass is 19.1. The van der Waals surface area contributed by atoms with Crippen LogP contribution >= 0.6 is 0 Å². The molecule has 1 aliphatic carbocycles. The van der Waals surface area contributed by atoms with E-state index in [1.165, 1.54) is 24.3 Å². The Bertz CT molecular complexity index is 939. The molecule has 1 heterocycles. The van der Waals surface area contributed by atoms with E-state index in [4.69, 9.17) is 0 Å². The number of piperidine rings is 1. The fourth-order valence-corrected chi connectivity index (χ4v) is 3.60. The summed E-state index contributed by atoms with van der Waals surface area (Å²) in [5.41, 5.74) is 1.59. The molecular formula is C23H24FN3O3. The van der Waals surface area contributed by atoms with Crippen molar-refractivity contribution in [3.05, 3.63) is 65.5 Å². The van der Waals surface area contributed by atoms with Gasteiger partial charge in [0.05, 0.1) is 5.92 Å². The fraction of sp³-hybridized carbons (Fsp3) is 0.348. The Morgan fingerprint density at radius 1 is 0.900 bits per heavy atom. The number of hydrogen-bond acceptors (Lipinski definition) is 3. The fourth-order valence-electron chi connectivity index (χ4n) is 3.60. The predicted octanol–water partition coefficient (Wildman–Crippen LogP) is 3.21. The van der Waals surface area contributed by atoms with Crippen molar-refractivity contribution in [2.75, 3.05) is 18.4 Å². The van der Waals surface area contributed by atoms with E-state index in [0.29, 0.717) is 42.4 Å². The molecule has 2 aromatic carbocycles. The molecule has 0 spiro atoms. The highest BCUT2D eigenvalue weighted by molar-refractivity contribution is 5.97. The molecule has 2 fully saturated rings. The van der Waals surface area contributed by atoms with E-state index in [-0.39, 0.29) is 23.6 Å². The number of nitrogens with one attached hydrogen (secondary N) is 2. The topological polar surface area (TPSA) is 78.5 Å². The predicted molar refractivity (Wildman–Crippen MR) is 111 cm³/mol. The molecule has 3 amide bonds. The lowest BCUT2D eigenvalue weighted by molar-refractivity contribution is -0.121. The van der Waals surface area contributed by atoms with Crippen LogP contribution in [0.1, 0.15) is 46.4 Å². The first-order valence-electron chi connectivity index (χ1n) is 10.3. The zero-order valence-corrected chi connectivity index (χ0v) is 16.6. The van der Waals surface area contributed by atoms with Crippen molar-refractivity contribution in [3.8, 4) is 0 Å². The Morgan fingerprint density at radius 3 is 2.23 bits per heavy atom. The number of rotatable bonds is 5. The van der Waals surface area contributed by atoms with E-state index < -0.39 is 5.82 Å². The minimum absolute atomic E-state index is 0.0994. The zero-order valence-electron chi connectivity index (χ0n) is 16.6. The summed E-state index contributed by atoms with van der Waals surface area (Å²) in [6.45, 7) is 0.898. The van der Waals surface area contributed by atoms with Crippen LogP contribution in [0, 0.1) is 11.7 Å². The summed E-state index contributed by atoms with van der Waals surface area (Å²) in [5, 5.41) is 5.81. The van der Waals surface area contributed by atoms with E-state index in [1.807, 2.05) is 0 Å². The van der Waals surface area contributed by atoms with E-state index in [1.54, 1.807) is 29.2 Å². The maximum absolute atomic E-state index is 13.1. The second-order valence-corrected chi connectivity index (χ2v) is 7.91. The van der Waals surface area contributed by atoms with Gasteiger partial charge in [-0.05, 0) is 74.2 Å². The van der Waals surface area contributed by atoms with Gasteiger partial charge in [0.15, 0.2) is 0 Å². The van der Waals surface area contributed by atoms with Gasteiger partial charge in [0.2, 0.25) is 5.91 Å². The maximum atomic E-state index is 13.1. The Hall–Kier alpha value is -3.22. The molecule has 2 N–H and O–H groups in total. The monoisotopic (exact) mass is 409 g/mol. The molecular weight excluding hydrogens is 385 g/mol. The standard InChI is InChI=1S/C23H24FN3O3/c24-18-7-3-16(4-8-18)23(30)27-13-1-2-17(14-27)22(29)26-19-9-5-15(6-10-19)21(28)25-20-11-12-20/h3-10,17,20H,1-2,11-14H2,(H,25,28)(H,26,29). The highest BCUT2D eigenvalue weighted by Gasteiger charge is 2.29. The van der Waals surface area contributed by atoms with Crippen LogP contribution in [0.5, 0.6) is 0 Å². The number of halogens is 1. The maximum Gasteiger partial charge on any atom is 0.253 e. The molecule has 7 heteroatoms. The number of nitrogens with zero attached hydrogens (tertiary/aromatic N) is 1. The van der Waals surface area contributed by atoms with Gasteiger partial charge in [-0.3, -0.25) is 14.4 Å². The molecule has 1 atom stereocenters. The summed E-state index contributed by atoms with van der Waals surface area (Å²) < 4.78 is 13.1. The molecule has 6 nitrogen and oxygen atoms in total. The summed E-state index contributed by atoms with van der Waals surface area (Å²) in [4.78, 5) is 39.1. The van der Waals surface area contributed by atoms with Crippen molar-refractivity contribution >= 4 is 23.4 Å². The Kier molecular flexibility index (Phi) is 5.79. The summed E-state index contributed by atoms with van der Waals surface area (Å²) >= 11 is 0. The lowest BCUT2D eigenvalue weighted by Gasteiger charge is -2.32. The third-order valence-corrected chi connectivity index (χ3v) is 5.50. The Labute approximate surface area is 174 Å². The number of likely N-dealkylation sites (tertiary alicyclic amines) is 1. The van der Waals surface area contributed by atoms with Crippen molar-refractivity contribution in [1.82, 2.24) is 10.2 Å². The molecule has 4 rings (SSSR count). The van der Waals surface area contributed by atoms with Crippen molar-refractivity contribution in [2.24, 2.45) is 5.92 Å². The third kappa shape index (κ3) is 4.84. The SMILES string of the molecule is O=C(NC1CC1)c1ccc(NC(=O)C2CCCN(C(=O)c3ccc(F)cc3)C2)cc1. The Morgan fingerprint density at radius 2 is 1.57 bits per heavy atom. The van der Waals surface area contributed by atoms with Gasteiger partial charge < -0.3 is 15.5 Å². The van der Waals surface area contributed by atoms with E-state index >= 15 is 0 Å². The second kappa shape index (κ2) is 8.65. The first-order valence-corrected chi connectivity index (χ1v) is 10.3. The quantitative estimate of drug-likeness (QED) is 0.796. The molecule has 1 aliphatic heterocycles. The number of anilines is 1. The molecule has 2 aromatic rings. The summed E-state index contributed by atoms with van der Waals surface area (Å²) in [6, 6.07) is 12.5. The molecule has 30 heavy (non-hydrogen) atoms. The number of carbonyl (C=O) groups is 3. The summed E-state index contributed by atoms with van der Waals surface area (Å²) in [6.07, 6.45) is 3.48. The number of hydrogen-bond donors (Lipinski definition) is 2. The lowest BCUT2D eigenvalue weighted by Crippen LogP contribution is -2.43. The molecule has 2 aliphatic rings. The van der Waals surface area contributed by atoms with Crippen LogP contribution in [-0.4, -0.2) is 41.8 Å². The van der Waals surface area contributed by atoms with Gasteiger partial charge in [0, 0.05) is 35.9 Å². The average Bonchev–Trinajstić information content (AvgIpc) is 3.58. The van der Waals surface area contributed by atoms with E-state index in [0.717, 1.165) is 19.3 Å². The Balaban J connectivity index is 1.34. The van der Waals surface area contributed by atoms with Crippen LogP contribution in [0.2, 0.25) is 0 Å². The number of benzene rings is 2. The van der Waals surface area contributed by atoms with Crippen LogP contribution in [0.25, 0.3) is 0 Å². The van der Waals surface area contributed by atoms with Gasteiger partial charge in [-0.1, -0.05) is 0 Å². The van der Waals surface area contributed by atoms with E-state index in [9.17, 15) is 18.8 Å². The second-order valence-electron chi connectivity index (χ2n) is 7.91. The summed E-state index contributed by atoms with van der Waals surface area (Å²) in [5.74, 6) is -1.16. The largest absolute Gasteiger partial charge is 0.349 e. The van der Waals surface area contributed by atoms with Gasteiger partial charge in [0.1, 0.15) is 5.82 Å². The molecule has 0 bridgehead atoms. The van der Waals surface area contributed by atoms with Gasteiger partial charge in [-0.25, -0.2) is 4.39 Å². The molecule has 1 saturated heterocycles. The highest BCUT2D eigenvalue weighted by Crippen LogP contribution is 2.22. The summed E-state index contributed by atoms with van der Waals surface area (Å²) in [7, 11) is 0. The van der Waals surface area contributed by atoms with Gasteiger partial charge >= 0.3 is 0 Å². The molecule has 1 saturated carbocycles. The number of carbonyl (C=O) groups excluding carboxylic acids is 3. The molecule has 0 radical (unpaired) electrons. The minimum atomic E-state index is -0.390. The van der Waals surface area contributed by atoms with Crippen LogP contribution in [0.3, 0.4) is 0 Å².